The van der Waals surface area contributed by atoms with Crippen LogP contribution in [0.2, 0.25) is 5.02 Å². The van der Waals surface area contributed by atoms with Gasteiger partial charge in [-0.1, -0.05) is 23.7 Å². The maximum absolute atomic E-state index is 12.4. The Hall–Kier alpha value is -1.55. The standard InChI is InChI=1S/C14H10BrClN2O2S/c1-9-6-11(15)13(7-12(9)16)18-21(19,20)14-5-3-2-4-10(14)8-17/h2-7,18H,1H3. The number of nitriles is 1. The molecule has 0 heterocycles. The molecule has 0 aliphatic carbocycles. The monoisotopic (exact) mass is 384 g/mol. The van der Waals surface area contributed by atoms with E-state index in [2.05, 4.69) is 20.7 Å². The molecule has 1 N–H and O–H groups in total. The highest BCUT2D eigenvalue weighted by molar-refractivity contribution is 9.10. The van der Waals surface area contributed by atoms with Crippen molar-refractivity contribution in [3.63, 3.8) is 0 Å². The Morgan fingerprint density at radius 3 is 2.62 bits per heavy atom. The van der Waals surface area contributed by atoms with Crippen molar-refractivity contribution in [2.24, 2.45) is 0 Å². The highest BCUT2D eigenvalue weighted by Crippen LogP contribution is 2.31. The van der Waals surface area contributed by atoms with Crippen molar-refractivity contribution in [2.75, 3.05) is 4.72 Å². The summed E-state index contributed by atoms with van der Waals surface area (Å²) in [4.78, 5) is -0.0731. The number of halogens is 2. The maximum atomic E-state index is 12.4. The van der Waals surface area contributed by atoms with Gasteiger partial charge in [-0.3, -0.25) is 4.72 Å². The lowest BCUT2D eigenvalue weighted by Gasteiger charge is -2.12. The zero-order valence-corrected chi connectivity index (χ0v) is 14.1. The molecule has 0 spiro atoms. The molecule has 0 atom stereocenters. The first kappa shape index (κ1) is 15.8. The lowest BCUT2D eigenvalue weighted by Crippen LogP contribution is -2.14. The van der Waals surface area contributed by atoms with E-state index in [0.29, 0.717) is 15.2 Å². The summed E-state index contributed by atoms with van der Waals surface area (Å²) < 4.78 is 27.8. The van der Waals surface area contributed by atoms with Gasteiger partial charge in [0.15, 0.2) is 0 Å². The van der Waals surface area contributed by atoms with Crippen molar-refractivity contribution < 1.29 is 8.42 Å². The van der Waals surface area contributed by atoms with Crippen molar-refractivity contribution in [1.29, 1.82) is 5.26 Å². The zero-order chi connectivity index (χ0) is 15.6. The summed E-state index contributed by atoms with van der Waals surface area (Å²) in [6.45, 7) is 1.82. The lowest BCUT2D eigenvalue weighted by atomic mass is 10.2. The second kappa shape index (κ2) is 6.06. The first-order valence-electron chi connectivity index (χ1n) is 5.83. The van der Waals surface area contributed by atoms with E-state index in [0.717, 1.165) is 5.56 Å². The van der Waals surface area contributed by atoms with Gasteiger partial charge in [-0.05, 0) is 52.7 Å². The van der Waals surface area contributed by atoms with Crippen LogP contribution in [0.3, 0.4) is 0 Å². The lowest BCUT2D eigenvalue weighted by molar-refractivity contribution is 0.601. The highest BCUT2D eigenvalue weighted by atomic mass is 79.9. The summed E-state index contributed by atoms with van der Waals surface area (Å²) >= 11 is 9.30. The number of anilines is 1. The molecule has 0 saturated carbocycles. The van der Waals surface area contributed by atoms with Crippen LogP contribution in [0.1, 0.15) is 11.1 Å². The molecule has 0 aromatic heterocycles. The molecule has 2 aromatic carbocycles. The molecular weight excluding hydrogens is 376 g/mol. The molecule has 0 bridgehead atoms. The Morgan fingerprint density at radius 1 is 1.29 bits per heavy atom. The Bertz CT molecular complexity index is 845. The second-order valence-corrected chi connectivity index (χ2v) is 7.21. The summed E-state index contributed by atoms with van der Waals surface area (Å²) in [5, 5.41) is 9.46. The van der Waals surface area contributed by atoms with Gasteiger partial charge in [0, 0.05) is 9.50 Å². The molecule has 2 aromatic rings. The molecule has 0 radical (unpaired) electrons. The van der Waals surface area contributed by atoms with Crippen molar-refractivity contribution >= 4 is 43.2 Å². The number of nitrogens with one attached hydrogen (secondary N) is 1. The number of nitrogens with zero attached hydrogens (tertiary/aromatic N) is 1. The summed E-state index contributed by atoms with van der Waals surface area (Å²) in [5.74, 6) is 0. The third kappa shape index (κ3) is 3.38. The topological polar surface area (TPSA) is 70.0 Å². The van der Waals surface area contributed by atoms with Gasteiger partial charge >= 0.3 is 0 Å². The zero-order valence-electron chi connectivity index (χ0n) is 10.9. The quantitative estimate of drug-likeness (QED) is 0.865. The SMILES string of the molecule is Cc1cc(Br)c(NS(=O)(=O)c2ccccc2C#N)cc1Cl. The Morgan fingerprint density at radius 2 is 1.95 bits per heavy atom. The minimum Gasteiger partial charge on any atom is -0.278 e. The van der Waals surface area contributed by atoms with E-state index < -0.39 is 10.0 Å². The predicted octanol–water partition coefficient (Wildman–Crippen LogP) is 4.08. The van der Waals surface area contributed by atoms with Crippen LogP contribution < -0.4 is 4.72 Å². The summed E-state index contributed by atoms with van der Waals surface area (Å²) in [5.41, 5.74) is 1.22. The van der Waals surface area contributed by atoms with E-state index in [4.69, 9.17) is 16.9 Å². The average molecular weight is 386 g/mol. The second-order valence-electron chi connectivity index (χ2n) is 4.29. The first-order valence-corrected chi connectivity index (χ1v) is 8.48. The molecule has 0 fully saturated rings. The van der Waals surface area contributed by atoms with E-state index in [1.165, 1.54) is 18.2 Å². The smallest absolute Gasteiger partial charge is 0.263 e. The number of aryl methyl sites for hydroxylation is 1. The van der Waals surface area contributed by atoms with Gasteiger partial charge in [0.05, 0.1) is 11.3 Å². The third-order valence-electron chi connectivity index (χ3n) is 2.79. The fourth-order valence-electron chi connectivity index (χ4n) is 1.72. The van der Waals surface area contributed by atoms with Crippen molar-refractivity contribution in [3.05, 3.63) is 57.0 Å². The van der Waals surface area contributed by atoms with E-state index >= 15 is 0 Å². The molecule has 0 aliphatic rings. The van der Waals surface area contributed by atoms with Gasteiger partial charge in [0.2, 0.25) is 0 Å². The molecule has 0 saturated heterocycles. The van der Waals surface area contributed by atoms with Gasteiger partial charge in [-0.2, -0.15) is 5.26 Å². The molecule has 4 nitrogen and oxygen atoms in total. The van der Waals surface area contributed by atoms with E-state index in [1.807, 2.05) is 13.0 Å². The van der Waals surface area contributed by atoms with Gasteiger partial charge < -0.3 is 0 Å². The molecule has 0 unspecified atom stereocenters. The Kier molecular flexibility index (Phi) is 4.57. The summed E-state index contributed by atoms with van der Waals surface area (Å²) in [6, 6.07) is 11.1. The Balaban J connectivity index is 2.48. The average Bonchev–Trinajstić information content (AvgIpc) is 2.44. The minimum atomic E-state index is -3.87. The first-order chi connectivity index (χ1) is 9.85. The number of sulfonamides is 1. The van der Waals surface area contributed by atoms with Crippen LogP contribution in [0.15, 0.2) is 45.8 Å². The van der Waals surface area contributed by atoms with Crippen LogP contribution in [0.5, 0.6) is 0 Å². The van der Waals surface area contributed by atoms with Crippen molar-refractivity contribution in [3.8, 4) is 6.07 Å². The largest absolute Gasteiger partial charge is 0.278 e. The molecule has 108 valence electrons. The predicted molar refractivity (Wildman–Crippen MR) is 85.9 cm³/mol. The third-order valence-corrected chi connectivity index (χ3v) is 5.28. The maximum Gasteiger partial charge on any atom is 0.263 e. The summed E-state index contributed by atoms with van der Waals surface area (Å²) in [6.07, 6.45) is 0. The molecule has 0 aliphatic heterocycles. The van der Waals surface area contributed by atoms with E-state index in [1.54, 1.807) is 18.2 Å². The fraction of sp³-hybridized carbons (Fsp3) is 0.0714. The highest BCUT2D eigenvalue weighted by Gasteiger charge is 2.19. The van der Waals surface area contributed by atoms with Crippen LogP contribution in [-0.2, 0) is 10.0 Å². The van der Waals surface area contributed by atoms with Crippen LogP contribution >= 0.6 is 27.5 Å². The van der Waals surface area contributed by atoms with Gasteiger partial charge in [0.25, 0.3) is 10.0 Å². The van der Waals surface area contributed by atoms with Crippen LogP contribution in [0.25, 0.3) is 0 Å². The van der Waals surface area contributed by atoms with Crippen LogP contribution in [0, 0.1) is 18.3 Å². The molecule has 21 heavy (non-hydrogen) atoms. The van der Waals surface area contributed by atoms with Crippen molar-refractivity contribution in [2.45, 2.75) is 11.8 Å². The molecule has 7 heteroatoms. The number of hydrogen-bond donors (Lipinski definition) is 1. The van der Waals surface area contributed by atoms with Crippen LogP contribution in [-0.4, -0.2) is 8.42 Å². The molecule has 2 rings (SSSR count). The number of benzene rings is 2. The number of rotatable bonds is 3. The molecular formula is C14H10BrClN2O2S. The molecule has 0 amide bonds. The fourth-order valence-corrected chi connectivity index (χ4v) is 3.80. The van der Waals surface area contributed by atoms with Gasteiger partial charge in [-0.25, -0.2) is 8.42 Å². The van der Waals surface area contributed by atoms with E-state index in [9.17, 15) is 8.42 Å². The minimum absolute atomic E-state index is 0.0731. The number of hydrogen-bond acceptors (Lipinski definition) is 3. The Labute approximate surface area is 136 Å². The normalized spacial score (nSPS) is 11.0. The van der Waals surface area contributed by atoms with Crippen molar-refractivity contribution in [1.82, 2.24) is 0 Å². The van der Waals surface area contributed by atoms with Gasteiger partial charge in [-0.15, -0.1) is 0 Å². The van der Waals surface area contributed by atoms with Crippen LogP contribution in [0.4, 0.5) is 5.69 Å². The van der Waals surface area contributed by atoms with Gasteiger partial charge in [0.1, 0.15) is 11.0 Å². The van der Waals surface area contributed by atoms with E-state index in [-0.39, 0.29) is 10.5 Å². The summed E-state index contributed by atoms with van der Waals surface area (Å²) in [7, 11) is -3.87.